The number of rotatable bonds is 6. The van der Waals surface area contributed by atoms with E-state index < -0.39 is 11.9 Å². The summed E-state index contributed by atoms with van der Waals surface area (Å²) in [7, 11) is 0. The van der Waals surface area contributed by atoms with Gasteiger partial charge in [-0.25, -0.2) is 9.37 Å². The van der Waals surface area contributed by atoms with Gasteiger partial charge in [-0.05, 0) is 47.7 Å². The van der Waals surface area contributed by atoms with Crippen molar-refractivity contribution in [3.05, 3.63) is 89.8 Å². The lowest BCUT2D eigenvalue weighted by Gasteiger charge is -2.19. The first-order chi connectivity index (χ1) is 17.4. The number of aromatic nitrogens is 2. The molecule has 3 aromatic carbocycles. The Kier molecular flexibility index (Phi) is 6.09. The molecule has 0 saturated carbocycles. The molecule has 1 saturated heterocycles. The highest BCUT2D eigenvalue weighted by Crippen LogP contribution is 2.32. The molecule has 8 nitrogen and oxygen atoms in total. The number of anilines is 1. The van der Waals surface area contributed by atoms with E-state index >= 15 is 0 Å². The van der Waals surface area contributed by atoms with Gasteiger partial charge in [0.15, 0.2) is 0 Å². The smallest absolute Gasteiger partial charge is 0.249 e. The lowest BCUT2D eigenvalue weighted by molar-refractivity contribution is -0.126. The number of phenolic OH excluding ortho intramolecular Hbond substituents is 1. The Balaban J connectivity index is 1.26. The molecule has 0 bridgehead atoms. The van der Waals surface area contributed by atoms with Gasteiger partial charge in [-0.2, -0.15) is 5.26 Å². The fourth-order valence-corrected chi connectivity index (χ4v) is 4.52. The van der Waals surface area contributed by atoms with Crippen LogP contribution >= 0.6 is 0 Å². The normalized spacial score (nSPS) is 15.3. The number of hydrogen-bond donors (Lipinski definition) is 2. The molecule has 0 spiro atoms. The topological polar surface area (TPSA) is 111 Å². The summed E-state index contributed by atoms with van der Waals surface area (Å²) in [5.41, 5.74) is 1.91. The van der Waals surface area contributed by atoms with E-state index in [4.69, 9.17) is 5.26 Å². The van der Waals surface area contributed by atoms with E-state index in [1.165, 1.54) is 12.1 Å². The number of fused-ring (bicyclic) bond motifs is 1. The van der Waals surface area contributed by atoms with E-state index in [9.17, 15) is 19.1 Å². The molecule has 1 aliphatic rings. The first-order valence-electron chi connectivity index (χ1n) is 11.4. The van der Waals surface area contributed by atoms with Gasteiger partial charge in [0.05, 0.1) is 24.0 Å². The van der Waals surface area contributed by atoms with Gasteiger partial charge in [0.25, 0.3) is 0 Å². The summed E-state index contributed by atoms with van der Waals surface area (Å²) < 4.78 is 15.7. The van der Waals surface area contributed by atoms with Crippen molar-refractivity contribution < 1.29 is 19.1 Å². The van der Waals surface area contributed by atoms with Crippen LogP contribution in [-0.4, -0.2) is 39.1 Å². The average molecular weight is 484 g/mol. The minimum Gasteiger partial charge on any atom is -0.508 e. The Hall–Kier alpha value is -4.71. The Labute approximate surface area is 206 Å². The number of nitrogens with zero attached hydrogens (tertiary/aromatic N) is 4. The fraction of sp³-hybridized carbons (Fsp3) is 0.185. The number of phenols is 1. The quantitative estimate of drug-likeness (QED) is 0.437. The van der Waals surface area contributed by atoms with Crippen molar-refractivity contribution in [3.63, 3.8) is 0 Å². The molecule has 180 valence electrons. The highest BCUT2D eigenvalue weighted by atomic mass is 19.1. The standard InChI is InChI=1S/C27H22FN5O3/c28-23-10-17(4-5-19(23)13-29)15-32-16-30-14-20(32)11-26(35)31-24-8-9-33(27(24)36)25-3-1-2-18-6-7-21(34)12-22(18)25/h1-7,10,12,14,16,24,34H,8-9,11,15H2,(H,31,35)/t24-/m0/s1. The third kappa shape index (κ3) is 4.49. The van der Waals surface area contributed by atoms with E-state index in [0.717, 1.165) is 10.8 Å². The SMILES string of the molecule is N#Cc1ccc(Cn2cncc2CC(=O)N[C@H]2CCN(c3cccc4ccc(O)cc34)C2=O)cc1F. The molecule has 9 heteroatoms. The number of nitriles is 1. The Bertz CT molecular complexity index is 1520. The minimum absolute atomic E-state index is 0.00464. The van der Waals surface area contributed by atoms with Crippen molar-refractivity contribution in [1.29, 1.82) is 5.26 Å². The molecule has 4 aromatic rings. The van der Waals surface area contributed by atoms with E-state index in [1.54, 1.807) is 52.3 Å². The molecule has 0 radical (unpaired) electrons. The van der Waals surface area contributed by atoms with E-state index in [-0.39, 0.29) is 36.1 Å². The van der Waals surface area contributed by atoms with Crippen molar-refractivity contribution in [2.45, 2.75) is 25.4 Å². The first-order valence-corrected chi connectivity index (χ1v) is 11.4. The van der Waals surface area contributed by atoms with Crippen LogP contribution in [0.5, 0.6) is 5.75 Å². The molecule has 1 fully saturated rings. The third-order valence-corrected chi connectivity index (χ3v) is 6.32. The second-order valence-electron chi connectivity index (χ2n) is 8.70. The zero-order chi connectivity index (χ0) is 25.2. The number of imidazole rings is 1. The van der Waals surface area contributed by atoms with Crippen molar-refractivity contribution in [2.75, 3.05) is 11.4 Å². The highest BCUT2D eigenvalue weighted by Gasteiger charge is 2.34. The number of hydrogen-bond acceptors (Lipinski definition) is 5. The first kappa shape index (κ1) is 23.1. The van der Waals surface area contributed by atoms with Crippen LogP contribution in [0.2, 0.25) is 0 Å². The molecule has 5 rings (SSSR count). The molecule has 2 amide bonds. The number of nitrogens with one attached hydrogen (secondary N) is 1. The Morgan fingerprint density at radius 1 is 1.22 bits per heavy atom. The highest BCUT2D eigenvalue weighted by molar-refractivity contribution is 6.08. The second kappa shape index (κ2) is 9.50. The number of amides is 2. The van der Waals surface area contributed by atoms with Crippen LogP contribution in [-0.2, 0) is 22.6 Å². The molecule has 0 aliphatic carbocycles. The zero-order valence-corrected chi connectivity index (χ0v) is 19.2. The summed E-state index contributed by atoms with van der Waals surface area (Å²) >= 11 is 0. The lowest BCUT2D eigenvalue weighted by atomic mass is 10.1. The van der Waals surface area contributed by atoms with Crippen LogP contribution < -0.4 is 10.2 Å². The van der Waals surface area contributed by atoms with Gasteiger partial charge >= 0.3 is 0 Å². The minimum atomic E-state index is -0.658. The van der Waals surface area contributed by atoms with Crippen molar-refractivity contribution in [1.82, 2.24) is 14.9 Å². The number of halogens is 1. The maximum Gasteiger partial charge on any atom is 0.249 e. The maximum absolute atomic E-state index is 14.0. The van der Waals surface area contributed by atoms with Crippen molar-refractivity contribution >= 4 is 28.3 Å². The van der Waals surface area contributed by atoms with Crippen LogP contribution in [0.4, 0.5) is 10.1 Å². The monoisotopic (exact) mass is 483 g/mol. The summed E-state index contributed by atoms with van der Waals surface area (Å²) in [6.45, 7) is 0.732. The summed E-state index contributed by atoms with van der Waals surface area (Å²) in [5.74, 6) is -1.01. The largest absolute Gasteiger partial charge is 0.508 e. The lowest BCUT2D eigenvalue weighted by Crippen LogP contribution is -2.42. The van der Waals surface area contributed by atoms with Gasteiger partial charge in [0.2, 0.25) is 11.8 Å². The number of carbonyl (C=O) groups excluding carboxylic acids is 2. The van der Waals surface area contributed by atoms with Crippen molar-refractivity contribution in [2.24, 2.45) is 0 Å². The van der Waals surface area contributed by atoms with Crippen LogP contribution in [0.25, 0.3) is 10.8 Å². The van der Waals surface area contributed by atoms with Gasteiger partial charge in [0, 0.05) is 30.4 Å². The van der Waals surface area contributed by atoms with Crippen LogP contribution in [0.3, 0.4) is 0 Å². The van der Waals surface area contributed by atoms with Crippen LogP contribution in [0, 0.1) is 17.1 Å². The molecular formula is C27H22FN5O3. The van der Waals surface area contributed by atoms with Gasteiger partial charge in [-0.15, -0.1) is 0 Å². The number of benzene rings is 3. The van der Waals surface area contributed by atoms with Crippen molar-refractivity contribution in [3.8, 4) is 11.8 Å². The van der Waals surface area contributed by atoms with E-state index in [1.807, 2.05) is 18.2 Å². The van der Waals surface area contributed by atoms with E-state index in [0.29, 0.717) is 29.9 Å². The summed E-state index contributed by atoms with van der Waals surface area (Å²) in [4.78, 5) is 31.7. The average Bonchev–Trinajstić information content (AvgIpc) is 3.44. The Morgan fingerprint density at radius 2 is 2.08 bits per heavy atom. The maximum atomic E-state index is 14.0. The summed E-state index contributed by atoms with van der Waals surface area (Å²) in [6.07, 6.45) is 3.58. The van der Waals surface area contributed by atoms with E-state index in [2.05, 4.69) is 10.3 Å². The van der Waals surface area contributed by atoms with Gasteiger partial charge < -0.3 is 19.9 Å². The zero-order valence-electron chi connectivity index (χ0n) is 19.2. The molecular weight excluding hydrogens is 461 g/mol. The Morgan fingerprint density at radius 3 is 2.89 bits per heavy atom. The molecule has 1 aliphatic heterocycles. The van der Waals surface area contributed by atoms with Gasteiger partial charge in [-0.1, -0.05) is 24.3 Å². The number of aromatic hydroxyl groups is 1. The summed E-state index contributed by atoms with van der Waals surface area (Å²) in [6, 6.07) is 16.1. The molecule has 1 aromatic heterocycles. The van der Waals surface area contributed by atoms with Gasteiger partial charge in [0.1, 0.15) is 23.7 Å². The predicted molar refractivity (Wildman–Crippen MR) is 131 cm³/mol. The van der Waals surface area contributed by atoms with Crippen LogP contribution in [0.1, 0.15) is 23.2 Å². The second-order valence-corrected chi connectivity index (χ2v) is 8.70. The summed E-state index contributed by atoms with van der Waals surface area (Å²) in [5, 5.41) is 23.3. The van der Waals surface area contributed by atoms with Crippen LogP contribution in [0.15, 0.2) is 67.1 Å². The predicted octanol–water partition coefficient (Wildman–Crippen LogP) is 3.27. The molecule has 36 heavy (non-hydrogen) atoms. The van der Waals surface area contributed by atoms with Gasteiger partial charge in [-0.3, -0.25) is 9.59 Å². The molecule has 2 N–H and O–H groups in total. The molecule has 0 unspecified atom stereocenters. The number of carbonyl (C=O) groups is 2. The third-order valence-electron chi connectivity index (χ3n) is 6.32. The molecule has 1 atom stereocenters. The molecule has 2 heterocycles. The fourth-order valence-electron chi connectivity index (χ4n) is 4.52.